The Labute approximate surface area is 106 Å². The van der Waals surface area contributed by atoms with Crippen LogP contribution in [0.15, 0.2) is 18.5 Å². The number of nitrogens with zero attached hydrogens (tertiary/aromatic N) is 1. The normalized spacial score (nSPS) is 13.2. The summed E-state index contributed by atoms with van der Waals surface area (Å²) in [5.41, 5.74) is 6.03. The van der Waals surface area contributed by atoms with Crippen LogP contribution in [0.4, 0.5) is 0 Å². The number of rotatable bonds is 3. The molecule has 0 fully saturated rings. The molecule has 4 nitrogen and oxygen atoms in total. The van der Waals surface area contributed by atoms with Crippen molar-refractivity contribution in [2.24, 2.45) is 5.73 Å². The summed E-state index contributed by atoms with van der Waals surface area (Å²) in [4.78, 5) is 15.5. The highest BCUT2D eigenvalue weighted by Crippen LogP contribution is 2.16. The third-order valence-corrected chi connectivity index (χ3v) is 2.35. The van der Waals surface area contributed by atoms with Crippen LogP contribution in [0.2, 0.25) is 5.02 Å². The first-order valence-electron chi connectivity index (χ1n) is 5.36. The number of halogens is 1. The monoisotopic (exact) mass is 256 g/mol. The fourth-order valence-corrected chi connectivity index (χ4v) is 1.46. The number of pyridine rings is 1. The highest BCUT2D eigenvalue weighted by atomic mass is 35.5. The van der Waals surface area contributed by atoms with Gasteiger partial charge in [0.1, 0.15) is 11.6 Å². The molecular formula is C12H17ClN2O2. The quantitative estimate of drug-likeness (QED) is 0.840. The number of nitrogens with two attached hydrogens (primary N) is 1. The van der Waals surface area contributed by atoms with Gasteiger partial charge in [0.15, 0.2) is 0 Å². The van der Waals surface area contributed by atoms with Crippen molar-refractivity contribution in [3.8, 4) is 0 Å². The molecule has 0 aromatic carbocycles. The van der Waals surface area contributed by atoms with E-state index in [0.29, 0.717) is 11.4 Å². The SMILES string of the molecule is CC(C)(C)OC(=O)C(N)Cc1ccncc1Cl. The van der Waals surface area contributed by atoms with Crippen LogP contribution in [0.25, 0.3) is 0 Å². The van der Waals surface area contributed by atoms with Gasteiger partial charge in [-0.15, -0.1) is 0 Å². The number of carbonyl (C=O) groups is 1. The van der Waals surface area contributed by atoms with E-state index in [2.05, 4.69) is 4.98 Å². The van der Waals surface area contributed by atoms with Crippen LogP contribution >= 0.6 is 11.6 Å². The molecule has 1 rings (SSSR count). The molecule has 1 heterocycles. The van der Waals surface area contributed by atoms with Gasteiger partial charge in [0.05, 0.1) is 5.02 Å². The van der Waals surface area contributed by atoms with Crippen LogP contribution in [-0.2, 0) is 16.0 Å². The van der Waals surface area contributed by atoms with Crippen molar-refractivity contribution in [3.63, 3.8) is 0 Å². The Morgan fingerprint density at radius 2 is 2.24 bits per heavy atom. The fourth-order valence-electron chi connectivity index (χ4n) is 1.27. The lowest BCUT2D eigenvalue weighted by Crippen LogP contribution is -2.38. The molecule has 17 heavy (non-hydrogen) atoms. The maximum absolute atomic E-state index is 11.7. The van der Waals surface area contributed by atoms with E-state index in [9.17, 15) is 4.79 Å². The molecule has 1 aromatic rings. The Hall–Kier alpha value is -1.13. The van der Waals surface area contributed by atoms with Crippen molar-refractivity contribution in [3.05, 3.63) is 29.0 Å². The number of ether oxygens (including phenoxy) is 1. The molecule has 0 saturated carbocycles. The molecule has 0 bridgehead atoms. The summed E-state index contributed by atoms with van der Waals surface area (Å²) < 4.78 is 5.19. The van der Waals surface area contributed by atoms with Gasteiger partial charge in [0, 0.05) is 12.4 Å². The van der Waals surface area contributed by atoms with Gasteiger partial charge in [-0.1, -0.05) is 11.6 Å². The zero-order chi connectivity index (χ0) is 13.1. The molecule has 0 aliphatic carbocycles. The Morgan fingerprint density at radius 3 is 2.76 bits per heavy atom. The molecule has 2 N–H and O–H groups in total. The Balaban J connectivity index is 2.64. The van der Waals surface area contributed by atoms with Crippen LogP contribution in [0.5, 0.6) is 0 Å². The Kier molecular flexibility index (Phi) is 4.48. The van der Waals surface area contributed by atoms with Crippen LogP contribution < -0.4 is 5.73 Å². The van der Waals surface area contributed by atoms with Gasteiger partial charge in [-0.05, 0) is 38.8 Å². The van der Waals surface area contributed by atoms with E-state index in [1.54, 1.807) is 33.0 Å². The van der Waals surface area contributed by atoms with Gasteiger partial charge in [0.2, 0.25) is 0 Å². The maximum Gasteiger partial charge on any atom is 0.323 e. The predicted octanol–water partition coefficient (Wildman–Crippen LogP) is 1.95. The third-order valence-electron chi connectivity index (χ3n) is 2.01. The minimum atomic E-state index is -0.714. The molecule has 5 heteroatoms. The summed E-state index contributed by atoms with van der Waals surface area (Å²) in [6.07, 6.45) is 3.48. The minimum absolute atomic E-state index is 0.344. The molecule has 1 aromatic heterocycles. The highest BCUT2D eigenvalue weighted by molar-refractivity contribution is 6.31. The summed E-state index contributed by atoms with van der Waals surface area (Å²) >= 11 is 5.94. The molecule has 0 amide bonds. The Bertz CT molecular complexity index is 402. The van der Waals surface area contributed by atoms with Crippen LogP contribution in [-0.4, -0.2) is 22.6 Å². The lowest BCUT2D eigenvalue weighted by molar-refractivity contribution is -0.156. The largest absolute Gasteiger partial charge is 0.459 e. The lowest BCUT2D eigenvalue weighted by Gasteiger charge is -2.22. The van der Waals surface area contributed by atoms with E-state index in [1.807, 2.05) is 0 Å². The molecule has 0 aliphatic heterocycles. The molecular weight excluding hydrogens is 240 g/mol. The lowest BCUT2D eigenvalue weighted by atomic mass is 10.1. The van der Waals surface area contributed by atoms with Gasteiger partial charge in [-0.3, -0.25) is 9.78 Å². The van der Waals surface area contributed by atoms with Gasteiger partial charge >= 0.3 is 5.97 Å². The first kappa shape index (κ1) is 13.9. The van der Waals surface area contributed by atoms with Crippen molar-refractivity contribution < 1.29 is 9.53 Å². The average molecular weight is 257 g/mol. The van der Waals surface area contributed by atoms with E-state index in [0.717, 1.165) is 5.56 Å². The fraction of sp³-hybridized carbons (Fsp3) is 0.500. The number of hydrogen-bond acceptors (Lipinski definition) is 4. The summed E-state index contributed by atoms with van der Waals surface area (Å²) in [6, 6.07) is 1.03. The van der Waals surface area contributed by atoms with E-state index in [1.165, 1.54) is 6.20 Å². The summed E-state index contributed by atoms with van der Waals surface area (Å²) in [7, 11) is 0. The van der Waals surface area contributed by atoms with E-state index in [-0.39, 0.29) is 0 Å². The summed E-state index contributed by atoms with van der Waals surface area (Å²) in [5, 5.41) is 0.506. The van der Waals surface area contributed by atoms with Gasteiger partial charge in [-0.2, -0.15) is 0 Å². The molecule has 0 radical (unpaired) electrons. The van der Waals surface area contributed by atoms with Gasteiger partial charge in [0.25, 0.3) is 0 Å². The number of hydrogen-bond donors (Lipinski definition) is 1. The molecule has 0 saturated heterocycles. The zero-order valence-corrected chi connectivity index (χ0v) is 11.0. The molecule has 0 aliphatic rings. The zero-order valence-electron chi connectivity index (χ0n) is 10.2. The van der Waals surface area contributed by atoms with Gasteiger partial charge < -0.3 is 10.5 Å². The first-order chi connectivity index (χ1) is 7.79. The third kappa shape index (κ3) is 4.71. The number of carbonyl (C=O) groups excluding carboxylic acids is 1. The van der Waals surface area contributed by atoms with Crippen LogP contribution in [0.1, 0.15) is 26.3 Å². The predicted molar refractivity (Wildman–Crippen MR) is 66.8 cm³/mol. The van der Waals surface area contributed by atoms with E-state index in [4.69, 9.17) is 22.1 Å². The van der Waals surface area contributed by atoms with Crippen molar-refractivity contribution in [2.75, 3.05) is 0 Å². The van der Waals surface area contributed by atoms with Crippen LogP contribution in [0, 0.1) is 0 Å². The maximum atomic E-state index is 11.7. The molecule has 1 unspecified atom stereocenters. The second-order valence-electron chi connectivity index (χ2n) is 4.81. The standard InChI is InChI=1S/C12H17ClN2O2/c1-12(2,3)17-11(16)10(14)6-8-4-5-15-7-9(8)13/h4-5,7,10H,6,14H2,1-3H3. The number of aromatic nitrogens is 1. The molecule has 1 atom stereocenters. The smallest absolute Gasteiger partial charge is 0.323 e. The molecule has 0 spiro atoms. The molecule has 94 valence electrons. The second-order valence-corrected chi connectivity index (χ2v) is 5.22. The first-order valence-corrected chi connectivity index (χ1v) is 5.74. The Morgan fingerprint density at radius 1 is 1.59 bits per heavy atom. The highest BCUT2D eigenvalue weighted by Gasteiger charge is 2.22. The van der Waals surface area contributed by atoms with Crippen molar-refractivity contribution in [2.45, 2.75) is 38.8 Å². The minimum Gasteiger partial charge on any atom is -0.459 e. The van der Waals surface area contributed by atoms with E-state index < -0.39 is 17.6 Å². The van der Waals surface area contributed by atoms with Crippen molar-refractivity contribution >= 4 is 17.6 Å². The van der Waals surface area contributed by atoms with Crippen LogP contribution in [0.3, 0.4) is 0 Å². The van der Waals surface area contributed by atoms with Gasteiger partial charge in [-0.25, -0.2) is 0 Å². The topological polar surface area (TPSA) is 65.2 Å². The summed E-state index contributed by atoms with van der Waals surface area (Å²) in [5.74, 6) is -0.426. The summed E-state index contributed by atoms with van der Waals surface area (Å²) in [6.45, 7) is 5.41. The second kappa shape index (κ2) is 5.47. The van der Waals surface area contributed by atoms with Crippen molar-refractivity contribution in [1.29, 1.82) is 0 Å². The average Bonchev–Trinajstić information content (AvgIpc) is 2.18. The number of esters is 1. The van der Waals surface area contributed by atoms with Crippen molar-refractivity contribution in [1.82, 2.24) is 4.98 Å². The van der Waals surface area contributed by atoms with E-state index >= 15 is 0 Å².